The number of ether oxygens (including phenoxy) is 2. The summed E-state index contributed by atoms with van der Waals surface area (Å²) in [5.41, 5.74) is -5.68. The van der Waals surface area contributed by atoms with E-state index in [4.69, 9.17) is 55.9 Å². The summed E-state index contributed by atoms with van der Waals surface area (Å²) in [6, 6.07) is 0. The molecule has 0 aromatic rings. The Morgan fingerprint density at radius 2 is 0.840 bits per heavy atom. The average molecular weight is 426 g/mol. The van der Waals surface area contributed by atoms with E-state index in [2.05, 4.69) is 0 Å². The fourth-order valence-corrected chi connectivity index (χ4v) is 8.65. The number of carbonyl (C=O) groups excluding carboxylic acids is 4. The summed E-state index contributed by atoms with van der Waals surface area (Å²) in [6.45, 7) is 0. The van der Waals surface area contributed by atoms with Gasteiger partial charge in [0.25, 0.3) is 21.0 Å². The van der Waals surface area contributed by atoms with E-state index >= 15 is 0 Å². The van der Waals surface area contributed by atoms with Crippen molar-refractivity contribution < 1.29 is 28.7 Å². The molecule has 0 spiro atoms. The summed E-state index contributed by atoms with van der Waals surface area (Å²) in [7, 11) is 0. The van der Waals surface area contributed by atoms with Crippen LogP contribution < -0.4 is 0 Å². The molecule has 2 aliphatic heterocycles. The summed E-state index contributed by atoms with van der Waals surface area (Å²) in [4.78, 5) is 48.1. The molecule has 4 aliphatic carbocycles. The SMILES string of the molecule is O=C(Cl)[C@]12O[C@@]1(C(=O)Cl)[C@@H]1C3CC([C@@H]4[C@H]3[C@@]3(C(=O)Cl)O[C@@]43C(=O)Cl)[C@@H]12. The van der Waals surface area contributed by atoms with Crippen LogP contribution in [0.25, 0.3) is 0 Å². The van der Waals surface area contributed by atoms with Gasteiger partial charge in [-0.2, -0.15) is 0 Å². The topological polar surface area (TPSA) is 93.3 Å². The average Bonchev–Trinajstić information content (AvgIpc) is 3.16. The number of fused-ring (bicyclic) bond motifs is 14. The van der Waals surface area contributed by atoms with Crippen molar-refractivity contribution in [3.63, 3.8) is 0 Å². The van der Waals surface area contributed by atoms with Crippen LogP contribution >= 0.6 is 46.4 Å². The molecule has 6 nitrogen and oxygen atoms in total. The van der Waals surface area contributed by atoms with Crippen molar-refractivity contribution in [2.24, 2.45) is 35.5 Å². The maximum absolute atomic E-state index is 12.0. The highest BCUT2D eigenvalue weighted by molar-refractivity contribution is 6.71. The minimum Gasteiger partial charge on any atom is -0.342 e. The Morgan fingerprint density at radius 1 is 0.600 bits per heavy atom. The molecule has 132 valence electrons. The van der Waals surface area contributed by atoms with E-state index in [9.17, 15) is 19.2 Å². The van der Waals surface area contributed by atoms with Crippen LogP contribution in [0.3, 0.4) is 0 Å². The van der Waals surface area contributed by atoms with Crippen molar-refractivity contribution in [1.82, 2.24) is 0 Å². The van der Waals surface area contributed by atoms with Gasteiger partial charge >= 0.3 is 0 Å². The summed E-state index contributed by atoms with van der Waals surface area (Å²) in [6.07, 6.45) is 0.632. The normalized spacial score (nSPS) is 63.2. The molecule has 25 heavy (non-hydrogen) atoms. The molecule has 0 amide bonds. The van der Waals surface area contributed by atoms with Gasteiger partial charge in [-0.15, -0.1) is 0 Å². The Balaban J connectivity index is 1.48. The maximum atomic E-state index is 12.0. The highest BCUT2D eigenvalue weighted by atomic mass is 35.5. The van der Waals surface area contributed by atoms with Crippen LogP contribution in [0.5, 0.6) is 0 Å². The summed E-state index contributed by atoms with van der Waals surface area (Å²) in [5, 5.41) is -3.02. The van der Waals surface area contributed by atoms with Gasteiger partial charge in [-0.3, -0.25) is 19.2 Å². The highest BCUT2D eigenvalue weighted by Crippen LogP contribution is 2.91. The van der Waals surface area contributed by atoms with E-state index in [1.807, 2.05) is 0 Å². The molecule has 2 bridgehead atoms. The first-order valence-corrected chi connectivity index (χ1v) is 9.37. The van der Waals surface area contributed by atoms with Crippen molar-refractivity contribution in [3.05, 3.63) is 0 Å². The minimum absolute atomic E-state index is 0.163. The number of hydrogen-bond donors (Lipinski definition) is 0. The van der Waals surface area contributed by atoms with E-state index in [1.54, 1.807) is 0 Å². The van der Waals surface area contributed by atoms with Gasteiger partial charge in [-0.05, 0) is 64.7 Å². The monoisotopic (exact) mass is 424 g/mol. The molecule has 0 aromatic carbocycles. The second-order valence-electron chi connectivity index (χ2n) is 7.91. The molecule has 4 saturated carbocycles. The van der Waals surface area contributed by atoms with E-state index in [1.165, 1.54) is 0 Å². The molecule has 0 aromatic heterocycles. The van der Waals surface area contributed by atoms with Crippen molar-refractivity contribution in [2.45, 2.75) is 28.8 Å². The fraction of sp³-hybridized carbons (Fsp3) is 0.733. The van der Waals surface area contributed by atoms with Gasteiger partial charge in [0.2, 0.25) is 0 Å². The lowest BCUT2D eigenvalue weighted by Crippen LogP contribution is -2.72. The Hall–Kier alpha value is -0.240. The van der Waals surface area contributed by atoms with E-state index in [0.29, 0.717) is 6.42 Å². The first-order chi connectivity index (χ1) is 11.7. The molecule has 6 aliphatic rings. The zero-order chi connectivity index (χ0) is 17.9. The predicted molar refractivity (Wildman–Crippen MR) is 82.1 cm³/mol. The zero-order valence-electron chi connectivity index (χ0n) is 12.1. The quantitative estimate of drug-likeness (QED) is 0.381. The molecule has 2 unspecified atom stereocenters. The standard InChI is InChI=1S/C15H8Cl4O6/c16-8(20)12-4-2-1-3(6(4)14(12,24-12)10(18)22)7-5(2)13(9(17)21)15(7,25-13)11(19)23/h2-7H,1H2/t2?,3?,4-,5+,6+,7-,12-,13+,14+,15-. The molecule has 10 atom stereocenters. The van der Waals surface area contributed by atoms with Crippen LogP contribution in [-0.4, -0.2) is 43.4 Å². The Labute approximate surface area is 160 Å². The molecule has 2 saturated heterocycles. The van der Waals surface area contributed by atoms with E-state index < -0.39 is 43.4 Å². The van der Waals surface area contributed by atoms with Gasteiger partial charge in [0.15, 0.2) is 22.4 Å². The lowest BCUT2D eigenvalue weighted by atomic mass is 9.41. The van der Waals surface area contributed by atoms with Crippen LogP contribution in [0.1, 0.15) is 6.42 Å². The minimum atomic E-state index is -1.42. The third-order valence-electron chi connectivity index (χ3n) is 7.87. The summed E-state index contributed by atoms with van der Waals surface area (Å²) in [5.74, 6) is -1.63. The molecular weight excluding hydrogens is 418 g/mol. The molecule has 2 heterocycles. The van der Waals surface area contributed by atoms with Crippen LogP contribution in [0.2, 0.25) is 0 Å². The lowest BCUT2D eigenvalue weighted by molar-refractivity contribution is -0.147. The zero-order valence-corrected chi connectivity index (χ0v) is 15.2. The van der Waals surface area contributed by atoms with E-state index in [-0.39, 0.29) is 35.5 Å². The van der Waals surface area contributed by atoms with Gasteiger partial charge in [-0.1, -0.05) is 0 Å². The maximum Gasteiger partial charge on any atom is 0.257 e. The highest BCUT2D eigenvalue weighted by Gasteiger charge is 3.05. The largest absolute Gasteiger partial charge is 0.342 e. The van der Waals surface area contributed by atoms with Crippen molar-refractivity contribution >= 4 is 67.4 Å². The molecule has 0 N–H and O–H groups in total. The number of rotatable bonds is 4. The first-order valence-electron chi connectivity index (χ1n) is 7.86. The van der Waals surface area contributed by atoms with Crippen LogP contribution in [0.15, 0.2) is 0 Å². The Kier molecular flexibility index (Phi) is 2.41. The van der Waals surface area contributed by atoms with Gasteiger partial charge in [0.1, 0.15) is 0 Å². The Morgan fingerprint density at radius 3 is 1.04 bits per heavy atom. The summed E-state index contributed by atoms with van der Waals surface area (Å²) >= 11 is 23.0. The number of hydrogen-bond acceptors (Lipinski definition) is 6. The molecule has 6 rings (SSSR count). The van der Waals surface area contributed by atoms with Crippen LogP contribution in [0.4, 0.5) is 0 Å². The fourth-order valence-electron chi connectivity index (χ4n) is 7.43. The number of halogens is 4. The third kappa shape index (κ3) is 1.09. The Bertz CT molecular complexity index is 729. The van der Waals surface area contributed by atoms with Gasteiger partial charge < -0.3 is 9.47 Å². The van der Waals surface area contributed by atoms with Gasteiger partial charge in [-0.25, -0.2) is 0 Å². The molecule has 10 heteroatoms. The van der Waals surface area contributed by atoms with Crippen LogP contribution in [0, 0.1) is 35.5 Å². The molecule has 0 radical (unpaired) electrons. The van der Waals surface area contributed by atoms with Gasteiger partial charge in [0, 0.05) is 23.7 Å². The second kappa shape index (κ2) is 3.82. The smallest absolute Gasteiger partial charge is 0.257 e. The van der Waals surface area contributed by atoms with Gasteiger partial charge in [0.05, 0.1) is 0 Å². The van der Waals surface area contributed by atoms with Crippen molar-refractivity contribution in [3.8, 4) is 0 Å². The summed E-state index contributed by atoms with van der Waals surface area (Å²) < 4.78 is 11.2. The third-order valence-corrected chi connectivity index (χ3v) is 9.00. The molecular formula is C15H8Cl4O6. The lowest BCUT2D eigenvalue weighted by Gasteiger charge is -2.56. The number of carbonyl (C=O) groups is 4. The predicted octanol–water partition coefficient (Wildman–Crippen LogP) is 1.21. The van der Waals surface area contributed by atoms with Crippen molar-refractivity contribution in [1.29, 1.82) is 0 Å². The molecule has 6 fully saturated rings. The second-order valence-corrected chi connectivity index (χ2v) is 9.28. The first kappa shape index (κ1) is 15.8. The number of epoxide rings is 2. The van der Waals surface area contributed by atoms with E-state index in [0.717, 1.165) is 0 Å². The van der Waals surface area contributed by atoms with Crippen molar-refractivity contribution in [2.75, 3.05) is 0 Å². The van der Waals surface area contributed by atoms with Crippen LogP contribution in [-0.2, 0) is 28.7 Å².